The van der Waals surface area contributed by atoms with Gasteiger partial charge in [-0.3, -0.25) is 9.59 Å². The van der Waals surface area contributed by atoms with Gasteiger partial charge in [-0.05, 0) is 6.07 Å². The van der Waals surface area contributed by atoms with Gasteiger partial charge >= 0.3 is 5.97 Å². The van der Waals surface area contributed by atoms with Gasteiger partial charge in [0.2, 0.25) is 5.56 Å². The molecule has 1 amide bonds. The maximum atomic E-state index is 12.2. The number of carbonyl (C=O) groups is 2. The highest BCUT2D eigenvalue weighted by Crippen LogP contribution is 2.14. The Labute approximate surface area is 119 Å². The molecule has 0 saturated heterocycles. The van der Waals surface area contributed by atoms with Crippen LogP contribution in [0.5, 0.6) is 0 Å². The van der Waals surface area contributed by atoms with Gasteiger partial charge in [0.1, 0.15) is 6.04 Å². The largest absolute Gasteiger partial charge is 0.480 e. The van der Waals surface area contributed by atoms with Crippen LogP contribution in [0.1, 0.15) is 16.8 Å². The molecule has 3 N–H and O–H groups in total. The van der Waals surface area contributed by atoms with Crippen LogP contribution in [0, 0.1) is 12.3 Å². The van der Waals surface area contributed by atoms with Crippen molar-refractivity contribution in [1.82, 2.24) is 10.3 Å². The fourth-order valence-electron chi connectivity index (χ4n) is 1.95. The van der Waals surface area contributed by atoms with Crippen molar-refractivity contribution in [2.45, 2.75) is 12.5 Å². The van der Waals surface area contributed by atoms with Crippen molar-refractivity contribution >= 4 is 22.8 Å². The summed E-state index contributed by atoms with van der Waals surface area (Å²) in [6.07, 6.45) is 4.94. The molecule has 6 heteroatoms. The first-order valence-electron chi connectivity index (χ1n) is 6.12. The summed E-state index contributed by atoms with van der Waals surface area (Å²) >= 11 is 0. The molecule has 1 aromatic heterocycles. The van der Waals surface area contributed by atoms with E-state index < -0.39 is 23.5 Å². The summed E-state index contributed by atoms with van der Waals surface area (Å²) in [6, 6.07) is 6.69. The van der Waals surface area contributed by atoms with Crippen LogP contribution < -0.4 is 10.9 Å². The van der Waals surface area contributed by atoms with E-state index in [0.717, 1.165) is 6.07 Å². The first-order valence-corrected chi connectivity index (χ1v) is 6.12. The van der Waals surface area contributed by atoms with Gasteiger partial charge in [-0.1, -0.05) is 18.2 Å². The van der Waals surface area contributed by atoms with Crippen molar-refractivity contribution in [3.63, 3.8) is 0 Å². The van der Waals surface area contributed by atoms with E-state index >= 15 is 0 Å². The summed E-state index contributed by atoms with van der Waals surface area (Å²) in [6.45, 7) is 0. The van der Waals surface area contributed by atoms with Crippen LogP contribution in [0.3, 0.4) is 0 Å². The summed E-state index contributed by atoms with van der Waals surface area (Å²) in [5.74, 6) is 0.312. The second-order valence-electron chi connectivity index (χ2n) is 4.37. The predicted octanol–water partition coefficient (Wildman–Crippen LogP) is 0.734. The standard InChI is InChI=1S/C15H12N2O4/c1-2-5-12(15(20)21)17-14(19)10-8-13(18)16-11-7-4-3-6-9(10)11/h1,3-4,6-8,12H,5H2,(H,16,18)(H,17,19)(H,20,21). The lowest BCUT2D eigenvalue weighted by atomic mass is 10.1. The molecule has 1 atom stereocenters. The molecule has 0 spiro atoms. The molecule has 0 bridgehead atoms. The monoisotopic (exact) mass is 284 g/mol. The maximum absolute atomic E-state index is 12.2. The quantitative estimate of drug-likeness (QED) is 0.721. The SMILES string of the molecule is C#CCC(NC(=O)c1cc(=O)[nH]c2ccccc12)C(=O)O. The number of benzene rings is 1. The van der Waals surface area contributed by atoms with Crippen LogP contribution >= 0.6 is 0 Å². The lowest BCUT2D eigenvalue weighted by molar-refractivity contribution is -0.139. The summed E-state index contributed by atoms with van der Waals surface area (Å²) in [5.41, 5.74) is 0.166. The molecule has 106 valence electrons. The number of aliphatic carboxylic acids is 1. The third-order valence-electron chi connectivity index (χ3n) is 2.92. The minimum atomic E-state index is -1.23. The number of amides is 1. The molecule has 1 unspecified atom stereocenters. The number of H-pyrrole nitrogens is 1. The number of pyridine rings is 1. The van der Waals surface area contributed by atoms with Crippen molar-refractivity contribution in [2.24, 2.45) is 0 Å². The predicted molar refractivity (Wildman–Crippen MR) is 76.9 cm³/mol. The Bertz CT molecular complexity index is 801. The number of carbonyl (C=O) groups excluding carboxylic acids is 1. The molecule has 0 radical (unpaired) electrons. The normalized spacial score (nSPS) is 11.6. The van der Waals surface area contributed by atoms with E-state index in [1.165, 1.54) is 0 Å². The Morgan fingerprint density at radius 2 is 2.10 bits per heavy atom. The lowest BCUT2D eigenvalue weighted by Gasteiger charge is -2.12. The highest BCUT2D eigenvalue weighted by molar-refractivity contribution is 6.06. The van der Waals surface area contributed by atoms with E-state index in [4.69, 9.17) is 11.5 Å². The number of carboxylic acid groups (broad SMARTS) is 1. The molecule has 2 rings (SSSR count). The van der Waals surface area contributed by atoms with Crippen molar-refractivity contribution < 1.29 is 14.7 Å². The zero-order valence-electron chi connectivity index (χ0n) is 10.9. The molecule has 2 aromatic rings. The summed E-state index contributed by atoms with van der Waals surface area (Å²) in [7, 11) is 0. The topological polar surface area (TPSA) is 99.3 Å². The third-order valence-corrected chi connectivity index (χ3v) is 2.92. The Morgan fingerprint density at radius 3 is 2.76 bits per heavy atom. The van der Waals surface area contributed by atoms with Crippen LogP contribution in [-0.2, 0) is 4.79 Å². The van der Waals surface area contributed by atoms with E-state index in [-0.39, 0.29) is 12.0 Å². The van der Waals surface area contributed by atoms with Crippen molar-refractivity contribution in [2.75, 3.05) is 0 Å². The van der Waals surface area contributed by atoms with Crippen LogP contribution in [0.4, 0.5) is 0 Å². The molecule has 0 aliphatic carbocycles. The highest BCUT2D eigenvalue weighted by Gasteiger charge is 2.21. The van der Waals surface area contributed by atoms with Crippen molar-refractivity contribution in [1.29, 1.82) is 0 Å². The summed E-state index contributed by atoms with van der Waals surface area (Å²) in [4.78, 5) is 37.4. The van der Waals surface area contributed by atoms with Gasteiger partial charge in [0.15, 0.2) is 0 Å². The van der Waals surface area contributed by atoms with Gasteiger partial charge in [0.05, 0.1) is 5.56 Å². The maximum Gasteiger partial charge on any atom is 0.327 e. The Morgan fingerprint density at radius 1 is 1.38 bits per heavy atom. The summed E-state index contributed by atoms with van der Waals surface area (Å²) in [5, 5.41) is 11.8. The minimum Gasteiger partial charge on any atom is -0.480 e. The Balaban J connectivity index is 2.42. The lowest BCUT2D eigenvalue weighted by Crippen LogP contribution is -2.40. The molecule has 21 heavy (non-hydrogen) atoms. The highest BCUT2D eigenvalue weighted by atomic mass is 16.4. The molecular formula is C15H12N2O4. The van der Waals surface area contributed by atoms with Gasteiger partial charge in [0, 0.05) is 23.4 Å². The molecule has 0 saturated carbocycles. The van der Waals surface area contributed by atoms with E-state index in [1.54, 1.807) is 24.3 Å². The molecule has 1 heterocycles. The average molecular weight is 284 g/mol. The fraction of sp³-hybridized carbons (Fsp3) is 0.133. The molecule has 6 nitrogen and oxygen atoms in total. The number of para-hydroxylation sites is 1. The minimum absolute atomic E-state index is 0.109. The van der Waals surface area contributed by atoms with Crippen LogP contribution in [0.15, 0.2) is 35.1 Å². The third kappa shape index (κ3) is 3.09. The molecule has 1 aromatic carbocycles. The van der Waals surface area contributed by atoms with Gasteiger partial charge in [-0.15, -0.1) is 12.3 Å². The number of nitrogens with one attached hydrogen (secondary N) is 2. The van der Waals surface area contributed by atoms with E-state index in [9.17, 15) is 14.4 Å². The molecule has 0 aliphatic rings. The fourth-order valence-corrected chi connectivity index (χ4v) is 1.95. The van der Waals surface area contributed by atoms with Crippen molar-refractivity contribution in [3.05, 3.63) is 46.2 Å². The van der Waals surface area contributed by atoms with Gasteiger partial charge in [0.25, 0.3) is 5.91 Å². The number of rotatable bonds is 4. The van der Waals surface area contributed by atoms with E-state index in [0.29, 0.717) is 10.9 Å². The van der Waals surface area contributed by atoms with Crippen molar-refractivity contribution in [3.8, 4) is 12.3 Å². The zero-order valence-corrected chi connectivity index (χ0v) is 10.9. The number of hydrogen-bond donors (Lipinski definition) is 3. The zero-order chi connectivity index (χ0) is 15.4. The van der Waals surface area contributed by atoms with E-state index in [2.05, 4.69) is 16.2 Å². The average Bonchev–Trinajstić information content (AvgIpc) is 2.45. The first kappa shape index (κ1) is 14.3. The second kappa shape index (κ2) is 5.92. The number of hydrogen-bond acceptors (Lipinski definition) is 3. The molecule has 0 fully saturated rings. The van der Waals surface area contributed by atoms with Gasteiger partial charge < -0.3 is 15.4 Å². The number of carboxylic acids is 1. The number of aromatic nitrogens is 1. The number of fused-ring (bicyclic) bond motifs is 1. The van der Waals surface area contributed by atoms with Gasteiger partial charge in [-0.25, -0.2) is 4.79 Å². The van der Waals surface area contributed by atoms with E-state index in [1.807, 2.05) is 0 Å². The van der Waals surface area contributed by atoms with Crippen LogP contribution in [-0.4, -0.2) is 28.0 Å². The Kier molecular flexibility index (Phi) is 4.05. The summed E-state index contributed by atoms with van der Waals surface area (Å²) < 4.78 is 0. The first-order chi connectivity index (χ1) is 10.0. The van der Waals surface area contributed by atoms with Crippen LogP contribution in [0.25, 0.3) is 10.9 Å². The Hall–Kier alpha value is -3.07. The molecule has 0 aliphatic heterocycles. The second-order valence-corrected chi connectivity index (χ2v) is 4.37. The van der Waals surface area contributed by atoms with Crippen LogP contribution in [0.2, 0.25) is 0 Å². The number of aromatic amines is 1. The smallest absolute Gasteiger partial charge is 0.327 e. The van der Waals surface area contributed by atoms with Gasteiger partial charge in [-0.2, -0.15) is 0 Å². The molecular weight excluding hydrogens is 272 g/mol. The number of terminal acetylenes is 1.